The predicted molar refractivity (Wildman–Crippen MR) is 243 cm³/mol. The van der Waals surface area contributed by atoms with E-state index in [1.165, 1.54) is 122 Å². The van der Waals surface area contributed by atoms with Crippen LogP contribution >= 0.6 is 7.82 Å². The van der Waals surface area contributed by atoms with Gasteiger partial charge in [-0.1, -0.05) is 159 Å². The van der Waals surface area contributed by atoms with Gasteiger partial charge in [-0.05, 0) is 70.6 Å². The van der Waals surface area contributed by atoms with Gasteiger partial charge in [-0.3, -0.25) is 18.6 Å². The van der Waals surface area contributed by atoms with E-state index in [0.29, 0.717) is 17.4 Å². The Hall–Kier alpha value is -1.77. The molecule has 1 unspecified atom stereocenters. The molecule has 0 amide bonds. The molecule has 58 heavy (non-hydrogen) atoms. The lowest BCUT2D eigenvalue weighted by atomic mass is 10.1. The molecule has 0 saturated heterocycles. The van der Waals surface area contributed by atoms with Gasteiger partial charge < -0.3 is 18.9 Å². The van der Waals surface area contributed by atoms with Crippen molar-refractivity contribution >= 4 is 19.8 Å². The fourth-order valence-electron chi connectivity index (χ4n) is 6.39. The van der Waals surface area contributed by atoms with Crippen LogP contribution in [0.5, 0.6) is 0 Å². The molecule has 0 aromatic carbocycles. The summed E-state index contributed by atoms with van der Waals surface area (Å²) < 4.78 is 34.4. The standard InChI is InChI=1S/C48H90NO8P/c1-6-8-10-12-14-16-18-20-22-24-26-28-30-32-34-36-38-40-47(50)54-44-46(45-56-58(52,53)55-43-42-49(3,4)5)57-48(51)41-39-37-35-33-31-29-27-25-23-21-19-17-15-13-11-9-7-2/h15,17,20-23,46H,6-14,16,18-19,24-45H2,1-5H3/p+1/b17-15-,22-20-,23-21-/t46-/m1/s1. The molecule has 0 fully saturated rings. The van der Waals surface area contributed by atoms with Gasteiger partial charge in [-0.25, -0.2) is 4.57 Å². The van der Waals surface area contributed by atoms with Crippen LogP contribution in [0, 0.1) is 0 Å². The van der Waals surface area contributed by atoms with Gasteiger partial charge in [0.25, 0.3) is 0 Å². The van der Waals surface area contributed by atoms with E-state index in [4.69, 9.17) is 18.5 Å². The van der Waals surface area contributed by atoms with E-state index in [2.05, 4.69) is 50.3 Å². The summed E-state index contributed by atoms with van der Waals surface area (Å²) in [5.41, 5.74) is 0. The smallest absolute Gasteiger partial charge is 0.462 e. The molecular formula is C48H91NO8P+. The van der Waals surface area contributed by atoms with E-state index in [-0.39, 0.29) is 32.0 Å². The van der Waals surface area contributed by atoms with Crippen LogP contribution in [0.4, 0.5) is 0 Å². The van der Waals surface area contributed by atoms with Gasteiger partial charge >= 0.3 is 19.8 Å². The fraction of sp³-hybridized carbons (Fsp3) is 0.833. The number of quaternary nitrogens is 1. The molecule has 9 nitrogen and oxygen atoms in total. The Kier molecular flexibility index (Phi) is 39.4. The first-order valence-electron chi connectivity index (χ1n) is 23.7. The number of phosphoric acid groups is 1. The lowest BCUT2D eigenvalue weighted by molar-refractivity contribution is -0.870. The lowest BCUT2D eigenvalue weighted by Crippen LogP contribution is -2.37. The number of ether oxygens (including phenoxy) is 2. The quantitative estimate of drug-likeness (QED) is 0.0213. The van der Waals surface area contributed by atoms with E-state index in [1.807, 2.05) is 21.1 Å². The maximum atomic E-state index is 12.7. The zero-order chi connectivity index (χ0) is 42.8. The third-order valence-corrected chi connectivity index (χ3v) is 11.1. The van der Waals surface area contributed by atoms with Crippen LogP contribution < -0.4 is 0 Å². The summed E-state index contributed by atoms with van der Waals surface area (Å²) in [6.07, 6.45) is 46.1. The third kappa shape index (κ3) is 43.8. The molecular weight excluding hydrogens is 750 g/mol. The van der Waals surface area contributed by atoms with Gasteiger partial charge in [0.1, 0.15) is 19.8 Å². The molecule has 0 spiro atoms. The molecule has 0 radical (unpaired) electrons. The van der Waals surface area contributed by atoms with Crippen LogP contribution in [0.15, 0.2) is 36.5 Å². The molecule has 10 heteroatoms. The van der Waals surface area contributed by atoms with Crippen molar-refractivity contribution in [1.29, 1.82) is 0 Å². The van der Waals surface area contributed by atoms with Crippen molar-refractivity contribution in [3.05, 3.63) is 36.5 Å². The van der Waals surface area contributed by atoms with Crippen molar-refractivity contribution in [2.45, 2.75) is 213 Å². The number of carbonyl (C=O) groups is 2. The van der Waals surface area contributed by atoms with Crippen LogP contribution in [0.2, 0.25) is 0 Å². The minimum Gasteiger partial charge on any atom is -0.462 e. The van der Waals surface area contributed by atoms with Crippen LogP contribution in [-0.2, 0) is 32.7 Å². The second-order valence-electron chi connectivity index (χ2n) is 17.1. The highest BCUT2D eigenvalue weighted by Crippen LogP contribution is 2.43. The summed E-state index contributed by atoms with van der Waals surface area (Å²) in [5, 5.41) is 0. The van der Waals surface area contributed by atoms with E-state index >= 15 is 0 Å². The first kappa shape index (κ1) is 56.2. The normalized spacial score (nSPS) is 13.8. The first-order chi connectivity index (χ1) is 28.0. The van der Waals surface area contributed by atoms with Crippen molar-refractivity contribution in [3.8, 4) is 0 Å². The van der Waals surface area contributed by atoms with Gasteiger partial charge in [0.05, 0.1) is 27.7 Å². The van der Waals surface area contributed by atoms with Gasteiger partial charge in [0.2, 0.25) is 0 Å². The van der Waals surface area contributed by atoms with Gasteiger partial charge in [0.15, 0.2) is 6.10 Å². The molecule has 0 aromatic rings. The van der Waals surface area contributed by atoms with E-state index in [9.17, 15) is 19.0 Å². The highest BCUT2D eigenvalue weighted by Gasteiger charge is 2.27. The van der Waals surface area contributed by atoms with Crippen molar-refractivity contribution in [3.63, 3.8) is 0 Å². The Morgan fingerprint density at radius 1 is 0.534 bits per heavy atom. The Bertz CT molecular complexity index is 1090. The maximum absolute atomic E-state index is 12.7. The van der Waals surface area contributed by atoms with Crippen LogP contribution in [-0.4, -0.2) is 74.9 Å². The molecule has 0 aliphatic rings. The Morgan fingerprint density at radius 2 is 0.931 bits per heavy atom. The summed E-state index contributed by atoms with van der Waals surface area (Å²) >= 11 is 0. The Labute approximate surface area is 357 Å². The number of esters is 2. The molecule has 1 N–H and O–H groups in total. The average Bonchev–Trinajstić information content (AvgIpc) is 3.17. The van der Waals surface area contributed by atoms with E-state index < -0.39 is 26.5 Å². The molecule has 0 bridgehead atoms. The number of hydrogen-bond acceptors (Lipinski definition) is 7. The molecule has 2 atom stereocenters. The molecule has 0 rings (SSSR count). The van der Waals surface area contributed by atoms with Crippen molar-refractivity contribution < 1.29 is 42.1 Å². The topological polar surface area (TPSA) is 108 Å². The monoisotopic (exact) mass is 841 g/mol. The largest absolute Gasteiger partial charge is 0.472 e. The van der Waals surface area contributed by atoms with Crippen LogP contribution in [0.3, 0.4) is 0 Å². The molecule has 340 valence electrons. The number of nitrogens with zero attached hydrogens (tertiary/aromatic N) is 1. The summed E-state index contributed by atoms with van der Waals surface area (Å²) in [4.78, 5) is 35.4. The van der Waals surface area contributed by atoms with E-state index in [1.54, 1.807) is 0 Å². The number of carbonyl (C=O) groups excluding carboxylic acids is 2. The molecule has 0 aliphatic carbocycles. The summed E-state index contributed by atoms with van der Waals surface area (Å²) in [6.45, 7) is 4.39. The predicted octanol–water partition coefficient (Wildman–Crippen LogP) is 13.7. The summed E-state index contributed by atoms with van der Waals surface area (Å²) in [5.74, 6) is -0.809. The number of allylic oxidation sites excluding steroid dienone is 6. The van der Waals surface area contributed by atoms with Gasteiger partial charge in [-0.15, -0.1) is 0 Å². The number of phosphoric ester groups is 1. The Morgan fingerprint density at radius 3 is 1.41 bits per heavy atom. The minimum atomic E-state index is -4.38. The molecule has 0 saturated carbocycles. The number of hydrogen-bond donors (Lipinski definition) is 1. The zero-order valence-electron chi connectivity index (χ0n) is 38.3. The van der Waals surface area contributed by atoms with Crippen molar-refractivity contribution in [2.75, 3.05) is 47.5 Å². The number of likely N-dealkylation sites (N-methyl/N-ethyl adjacent to an activating group) is 1. The third-order valence-electron chi connectivity index (χ3n) is 10.1. The SMILES string of the molecule is CCCCC/C=C\C/C=C\CCCCCCCCCC(=O)O[C@H](COC(=O)CCCCCCCCC/C=C\CCCCCCCC)COP(=O)(O)OCC[N+](C)(C)C. The van der Waals surface area contributed by atoms with Crippen LogP contribution in [0.1, 0.15) is 206 Å². The zero-order valence-corrected chi connectivity index (χ0v) is 39.2. The number of rotatable bonds is 43. The highest BCUT2D eigenvalue weighted by molar-refractivity contribution is 7.47. The van der Waals surface area contributed by atoms with Gasteiger partial charge in [0, 0.05) is 12.8 Å². The molecule has 0 aliphatic heterocycles. The fourth-order valence-corrected chi connectivity index (χ4v) is 7.13. The minimum absolute atomic E-state index is 0.0294. The second kappa shape index (κ2) is 40.6. The second-order valence-corrected chi connectivity index (χ2v) is 18.6. The lowest BCUT2D eigenvalue weighted by Gasteiger charge is -2.24. The van der Waals surface area contributed by atoms with Crippen molar-refractivity contribution in [1.82, 2.24) is 0 Å². The summed E-state index contributed by atoms with van der Waals surface area (Å²) in [6, 6.07) is 0. The van der Waals surface area contributed by atoms with E-state index in [0.717, 1.165) is 51.4 Å². The Balaban J connectivity index is 4.33. The first-order valence-corrected chi connectivity index (χ1v) is 25.2. The summed E-state index contributed by atoms with van der Waals surface area (Å²) in [7, 11) is 1.47. The van der Waals surface area contributed by atoms with Crippen LogP contribution in [0.25, 0.3) is 0 Å². The number of unbranched alkanes of at least 4 members (excludes halogenated alkanes) is 23. The van der Waals surface area contributed by atoms with Gasteiger partial charge in [-0.2, -0.15) is 0 Å². The molecule has 0 heterocycles. The van der Waals surface area contributed by atoms with Crippen molar-refractivity contribution in [2.24, 2.45) is 0 Å². The molecule has 0 aromatic heterocycles. The average molecular weight is 841 g/mol. The maximum Gasteiger partial charge on any atom is 0.472 e. The highest BCUT2D eigenvalue weighted by atomic mass is 31.2.